The summed E-state index contributed by atoms with van der Waals surface area (Å²) in [6.45, 7) is 2.02. The van der Waals surface area contributed by atoms with E-state index in [2.05, 4.69) is 10.2 Å². The molecule has 3 N–H and O–H groups in total. The second-order valence-corrected chi connectivity index (χ2v) is 2.35. The van der Waals surface area contributed by atoms with E-state index in [-0.39, 0.29) is 6.54 Å². The lowest BCUT2D eigenvalue weighted by Gasteiger charge is -2.04. The van der Waals surface area contributed by atoms with Crippen molar-refractivity contribution >= 4 is 0 Å². The Morgan fingerprint density at radius 2 is 2.27 bits per heavy atom. The molecule has 0 aliphatic carbocycles. The first-order chi connectivity index (χ1) is 5.24. The van der Waals surface area contributed by atoms with E-state index in [1.165, 1.54) is 0 Å². The van der Waals surface area contributed by atoms with Gasteiger partial charge in [-0.05, 0) is 19.1 Å². The average molecular weight is 153 g/mol. The van der Waals surface area contributed by atoms with E-state index < -0.39 is 6.10 Å². The van der Waals surface area contributed by atoms with Crippen molar-refractivity contribution in [3.05, 3.63) is 23.5 Å². The Bertz CT molecular complexity index is 222. The van der Waals surface area contributed by atoms with Gasteiger partial charge in [-0.15, -0.1) is 0 Å². The molecular formula is C7H11N3O. The molecule has 0 spiro atoms. The van der Waals surface area contributed by atoms with Crippen LogP contribution in [0, 0.1) is 6.92 Å². The Balaban J connectivity index is 2.81. The minimum Gasteiger partial charge on any atom is -0.385 e. The number of hydrogen-bond acceptors (Lipinski definition) is 4. The van der Waals surface area contributed by atoms with Gasteiger partial charge in [0.25, 0.3) is 0 Å². The largest absolute Gasteiger partial charge is 0.385 e. The Kier molecular flexibility index (Phi) is 2.51. The van der Waals surface area contributed by atoms with Gasteiger partial charge >= 0.3 is 0 Å². The topological polar surface area (TPSA) is 72.0 Å². The molecule has 4 heteroatoms. The molecule has 0 aliphatic rings. The molecular weight excluding hydrogens is 142 g/mol. The van der Waals surface area contributed by atoms with Gasteiger partial charge in [-0.1, -0.05) is 0 Å². The van der Waals surface area contributed by atoms with Gasteiger partial charge in [0, 0.05) is 6.54 Å². The van der Waals surface area contributed by atoms with Gasteiger partial charge in [0.05, 0.1) is 11.4 Å². The molecule has 60 valence electrons. The van der Waals surface area contributed by atoms with Gasteiger partial charge in [-0.25, -0.2) is 0 Å². The monoisotopic (exact) mass is 153 g/mol. The lowest BCUT2D eigenvalue weighted by atomic mass is 10.2. The number of aromatic nitrogens is 2. The quantitative estimate of drug-likeness (QED) is 0.616. The molecule has 11 heavy (non-hydrogen) atoms. The Morgan fingerprint density at radius 3 is 2.73 bits per heavy atom. The summed E-state index contributed by atoms with van der Waals surface area (Å²) in [7, 11) is 0. The third kappa shape index (κ3) is 1.96. The molecule has 0 aromatic carbocycles. The van der Waals surface area contributed by atoms with Crippen molar-refractivity contribution in [1.82, 2.24) is 10.2 Å². The van der Waals surface area contributed by atoms with Crippen LogP contribution >= 0.6 is 0 Å². The lowest BCUT2D eigenvalue weighted by molar-refractivity contribution is 0.180. The third-order valence-electron chi connectivity index (χ3n) is 1.38. The number of aryl methyl sites for hydroxylation is 1. The van der Waals surface area contributed by atoms with Crippen molar-refractivity contribution in [3.8, 4) is 0 Å². The van der Waals surface area contributed by atoms with Crippen LogP contribution in [0.25, 0.3) is 0 Å². The van der Waals surface area contributed by atoms with Gasteiger partial charge in [-0.3, -0.25) is 0 Å². The summed E-state index contributed by atoms with van der Waals surface area (Å²) in [5.41, 5.74) is 6.58. The fourth-order valence-electron chi connectivity index (χ4n) is 0.708. The van der Waals surface area contributed by atoms with Gasteiger partial charge in [0.15, 0.2) is 0 Å². The molecule has 0 fully saturated rings. The maximum absolute atomic E-state index is 9.19. The zero-order valence-electron chi connectivity index (χ0n) is 6.36. The van der Waals surface area contributed by atoms with Crippen molar-refractivity contribution < 1.29 is 5.11 Å². The Labute approximate surface area is 65.1 Å². The van der Waals surface area contributed by atoms with Crippen molar-refractivity contribution in [1.29, 1.82) is 0 Å². The zero-order chi connectivity index (χ0) is 8.27. The number of nitrogens with two attached hydrogens (primary N) is 1. The predicted octanol–water partition coefficient (Wildman–Crippen LogP) is -0.223. The van der Waals surface area contributed by atoms with Gasteiger partial charge in [0.2, 0.25) is 0 Å². The molecule has 0 bridgehead atoms. The molecule has 0 saturated heterocycles. The normalized spacial score (nSPS) is 13.0. The molecule has 1 rings (SSSR count). The van der Waals surface area contributed by atoms with Crippen LogP contribution in [-0.4, -0.2) is 21.8 Å². The third-order valence-corrected chi connectivity index (χ3v) is 1.38. The maximum Gasteiger partial charge on any atom is 0.110 e. The first-order valence-electron chi connectivity index (χ1n) is 3.42. The van der Waals surface area contributed by atoms with E-state index in [1.54, 1.807) is 12.1 Å². The molecule has 0 aliphatic heterocycles. The van der Waals surface area contributed by atoms with Crippen molar-refractivity contribution in [3.63, 3.8) is 0 Å². The van der Waals surface area contributed by atoms with Crippen LogP contribution in [0.15, 0.2) is 12.1 Å². The van der Waals surface area contributed by atoms with Crippen LogP contribution in [0.2, 0.25) is 0 Å². The SMILES string of the molecule is Cc1ccc(C(O)CN)nn1. The Hall–Kier alpha value is -1.00. The molecule has 0 radical (unpaired) electrons. The van der Waals surface area contributed by atoms with Crippen LogP contribution in [0.4, 0.5) is 0 Å². The first-order valence-corrected chi connectivity index (χ1v) is 3.42. The van der Waals surface area contributed by atoms with E-state index in [0.29, 0.717) is 5.69 Å². The van der Waals surface area contributed by atoms with Gasteiger partial charge < -0.3 is 10.8 Å². The van der Waals surface area contributed by atoms with E-state index in [4.69, 9.17) is 5.73 Å². The predicted molar refractivity (Wildman–Crippen MR) is 40.8 cm³/mol. The summed E-state index contributed by atoms with van der Waals surface area (Å²) in [6, 6.07) is 3.51. The van der Waals surface area contributed by atoms with Crippen LogP contribution in [-0.2, 0) is 0 Å². The second-order valence-electron chi connectivity index (χ2n) is 2.35. The molecule has 1 heterocycles. The van der Waals surface area contributed by atoms with Crippen LogP contribution in [0.5, 0.6) is 0 Å². The van der Waals surface area contributed by atoms with Crippen LogP contribution in [0.1, 0.15) is 17.5 Å². The minimum absolute atomic E-state index is 0.178. The van der Waals surface area contributed by atoms with Gasteiger partial charge in [0.1, 0.15) is 6.10 Å². The fraction of sp³-hybridized carbons (Fsp3) is 0.429. The highest BCUT2D eigenvalue weighted by molar-refractivity contribution is 5.07. The fourth-order valence-corrected chi connectivity index (χ4v) is 0.708. The van der Waals surface area contributed by atoms with Crippen molar-refractivity contribution in [2.45, 2.75) is 13.0 Å². The summed E-state index contributed by atoms with van der Waals surface area (Å²) >= 11 is 0. The Morgan fingerprint density at radius 1 is 1.55 bits per heavy atom. The molecule has 1 aromatic rings. The highest BCUT2D eigenvalue weighted by atomic mass is 16.3. The highest BCUT2D eigenvalue weighted by Crippen LogP contribution is 2.05. The summed E-state index contributed by atoms with van der Waals surface area (Å²) in [5.74, 6) is 0. The van der Waals surface area contributed by atoms with E-state index in [0.717, 1.165) is 5.69 Å². The maximum atomic E-state index is 9.19. The summed E-state index contributed by atoms with van der Waals surface area (Å²) < 4.78 is 0. The number of aliphatic hydroxyl groups excluding tert-OH is 1. The number of hydrogen-bond donors (Lipinski definition) is 2. The molecule has 1 atom stereocenters. The van der Waals surface area contributed by atoms with E-state index >= 15 is 0 Å². The minimum atomic E-state index is -0.692. The van der Waals surface area contributed by atoms with Crippen molar-refractivity contribution in [2.24, 2.45) is 5.73 Å². The second kappa shape index (κ2) is 3.41. The van der Waals surface area contributed by atoms with Crippen LogP contribution in [0.3, 0.4) is 0 Å². The summed E-state index contributed by atoms with van der Waals surface area (Å²) in [5, 5.41) is 16.7. The van der Waals surface area contributed by atoms with Crippen molar-refractivity contribution in [2.75, 3.05) is 6.54 Å². The van der Waals surface area contributed by atoms with Crippen LogP contribution < -0.4 is 5.73 Å². The number of rotatable bonds is 2. The average Bonchev–Trinajstić information content (AvgIpc) is 2.05. The lowest BCUT2D eigenvalue weighted by Crippen LogP contribution is -2.13. The molecule has 0 amide bonds. The number of nitrogens with zero attached hydrogens (tertiary/aromatic N) is 2. The molecule has 1 aromatic heterocycles. The zero-order valence-corrected chi connectivity index (χ0v) is 6.36. The molecule has 4 nitrogen and oxygen atoms in total. The smallest absolute Gasteiger partial charge is 0.110 e. The van der Waals surface area contributed by atoms with E-state index in [9.17, 15) is 5.11 Å². The molecule has 0 saturated carbocycles. The number of aliphatic hydroxyl groups is 1. The van der Waals surface area contributed by atoms with Gasteiger partial charge in [-0.2, -0.15) is 10.2 Å². The molecule has 1 unspecified atom stereocenters. The first kappa shape index (κ1) is 8.10. The van der Waals surface area contributed by atoms with E-state index in [1.807, 2.05) is 6.92 Å². The summed E-state index contributed by atoms with van der Waals surface area (Å²) in [4.78, 5) is 0. The standard InChI is InChI=1S/C7H11N3O/c1-5-2-3-6(10-9-5)7(11)4-8/h2-3,7,11H,4,8H2,1H3. The highest BCUT2D eigenvalue weighted by Gasteiger charge is 2.05. The summed E-state index contributed by atoms with van der Waals surface area (Å²) in [6.07, 6.45) is -0.692.